The number of hydrogen-bond donors (Lipinski definition) is 1. The fourth-order valence-electron chi connectivity index (χ4n) is 1.94. The Balaban J connectivity index is 2.12. The van der Waals surface area contributed by atoms with Crippen molar-refractivity contribution >= 4 is 22.5 Å². The van der Waals surface area contributed by atoms with Gasteiger partial charge in [-0.15, -0.1) is 0 Å². The maximum atomic E-state index is 11.5. The van der Waals surface area contributed by atoms with E-state index in [1.807, 2.05) is 24.3 Å². The highest BCUT2D eigenvalue weighted by atomic mass is 16.5. The number of fused-ring (bicyclic) bond motifs is 1. The number of nitrogens with zero attached hydrogens (tertiary/aromatic N) is 2. The van der Waals surface area contributed by atoms with Crippen molar-refractivity contribution in [1.29, 1.82) is 0 Å². The summed E-state index contributed by atoms with van der Waals surface area (Å²) in [7, 11) is 5.16. The first-order chi connectivity index (χ1) is 9.61. The minimum atomic E-state index is 0.0967. The fourth-order valence-corrected chi connectivity index (χ4v) is 1.94. The summed E-state index contributed by atoms with van der Waals surface area (Å²) < 4.78 is 5.21. The molecule has 0 saturated heterocycles. The van der Waals surface area contributed by atoms with Crippen molar-refractivity contribution in [2.45, 2.75) is 6.42 Å². The minimum absolute atomic E-state index is 0.0967. The molecule has 0 fully saturated rings. The first-order valence-electron chi connectivity index (χ1n) is 6.48. The molecule has 106 valence electrons. The largest absolute Gasteiger partial charge is 0.497 e. The van der Waals surface area contributed by atoms with Crippen LogP contribution in [0.1, 0.15) is 6.42 Å². The summed E-state index contributed by atoms with van der Waals surface area (Å²) in [6.45, 7) is 0.565. The molecule has 0 aliphatic heterocycles. The van der Waals surface area contributed by atoms with Gasteiger partial charge in [0.15, 0.2) is 0 Å². The zero-order valence-electron chi connectivity index (χ0n) is 12.0. The maximum Gasteiger partial charge on any atom is 0.223 e. The second-order valence-electron chi connectivity index (χ2n) is 4.71. The normalized spacial score (nSPS) is 10.3. The van der Waals surface area contributed by atoms with E-state index in [1.54, 1.807) is 32.3 Å². The number of carbonyl (C=O) groups excluding carboxylic acids is 1. The lowest BCUT2D eigenvalue weighted by Crippen LogP contribution is -2.24. The van der Waals surface area contributed by atoms with Gasteiger partial charge in [0, 0.05) is 38.6 Å². The Morgan fingerprint density at radius 2 is 2.15 bits per heavy atom. The van der Waals surface area contributed by atoms with Crippen LogP contribution in [0, 0.1) is 0 Å². The Morgan fingerprint density at radius 3 is 2.85 bits per heavy atom. The molecule has 0 atom stereocenters. The number of pyridine rings is 1. The summed E-state index contributed by atoms with van der Waals surface area (Å²) in [5.41, 5.74) is 0. The summed E-state index contributed by atoms with van der Waals surface area (Å²) in [4.78, 5) is 17.4. The lowest BCUT2D eigenvalue weighted by atomic mass is 10.1. The molecule has 2 aromatic rings. The number of rotatable bonds is 5. The van der Waals surface area contributed by atoms with E-state index in [1.165, 1.54) is 0 Å². The van der Waals surface area contributed by atoms with Crippen LogP contribution in [0.4, 0.5) is 5.82 Å². The summed E-state index contributed by atoms with van der Waals surface area (Å²) in [5.74, 6) is 1.70. The van der Waals surface area contributed by atoms with Crippen LogP contribution < -0.4 is 10.1 Å². The highest BCUT2D eigenvalue weighted by Crippen LogP contribution is 2.25. The SMILES string of the molecule is COc1ccc2c(NCCC(=O)N(C)C)nccc2c1. The van der Waals surface area contributed by atoms with E-state index in [9.17, 15) is 4.79 Å². The highest BCUT2D eigenvalue weighted by Gasteiger charge is 2.06. The first kappa shape index (κ1) is 14.1. The van der Waals surface area contributed by atoms with Crippen molar-refractivity contribution in [2.75, 3.05) is 33.1 Å². The van der Waals surface area contributed by atoms with Crippen molar-refractivity contribution in [3.63, 3.8) is 0 Å². The Kier molecular flexibility index (Phi) is 4.40. The average Bonchev–Trinajstić information content (AvgIpc) is 2.46. The van der Waals surface area contributed by atoms with Crippen LogP contribution in [0.2, 0.25) is 0 Å². The molecule has 1 aromatic carbocycles. The van der Waals surface area contributed by atoms with E-state index < -0.39 is 0 Å². The van der Waals surface area contributed by atoms with Gasteiger partial charge < -0.3 is 15.0 Å². The third-order valence-electron chi connectivity index (χ3n) is 3.10. The van der Waals surface area contributed by atoms with E-state index in [4.69, 9.17) is 4.74 Å². The van der Waals surface area contributed by atoms with E-state index in [0.717, 1.165) is 22.3 Å². The van der Waals surface area contributed by atoms with Crippen molar-refractivity contribution < 1.29 is 9.53 Å². The van der Waals surface area contributed by atoms with Crippen molar-refractivity contribution in [3.8, 4) is 5.75 Å². The van der Waals surface area contributed by atoms with Crippen LogP contribution in [0.3, 0.4) is 0 Å². The van der Waals surface area contributed by atoms with Gasteiger partial charge >= 0.3 is 0 Å². The number of carbonyl (C=O) groups is 1. The van der Waals surface area contributed by atoms with Gasteiger partial charge in [-0.3, -0.25) is 4.79 Å². The number of hydrogen-bond acceptors (Lipinski definition) is 4. The molecule has 0 aliphatic carbocycles. The molecule has 1 amide bonds. The molecule has 0 radical (unpaired) electrons. The monoisotopic (exact) mass is 273 g/mol. The zero-order chi connectivity index (χ0) is 14.5. The molecule has 1 N–H and O–H groups in total. The van der Waals surface area contributed by atoms with E-state index in [2.05, 4.69) is 10.3 Å². The van der Waals surface area contributed by atoms with Gasteiger partial charge in [0.2, 0.25) is 5.91 Å². The molecule has 2 rings (SSSR count). The van der Waals surface area contributed by atoms with Crippen LogP contribution in [0.15, 0.2) is 30.5 Å². The van der Waals surface area contributed by atoms with E-state index >= 15 is 0 Å². The molecule has 1 heterocycles. The van der Waals surface area contributed by atoms with Crippen LogP contribution >= 0.6 is 0 Å². The van der Waals surface area contributed by atoms with Crippen LogP contribution in [0.25, 0.3) is 10.8 Å². The Labute approximate surface area is 118 Å². The van der Waals surface area contributed by atoms with Crippen molar-refractivity contribution in [3.05, 3.63) is 30.5 Å². The molecule has 5 heteroatoms. The lowest BCUT2D eigenvalue weighted by Gasteiger charge is -2.12. The molecule has 0 spiro atoms. The highest BCUT2D eigenvalue weighted by molar-refractivity contribution is 5.92. The van der Waals surface area contributed by atoms with Gasteiger partial charge in [-0.25, -0.2) is 4.98 Å². The summed E-state index contributed by atoms with van der Waals surface area (Å²) in [6, 6.07) is 7.78. The third-order valence-corrected chi connectivity index (χ3v) is 3.10. The van der Waals surface area contributed by atoms with Gasteiger partial charge in [0.05, 0.1) is 7.11 Å². The quantitative estimate of drug-likeness (QED) is 0.906. The van der Waals surface area contributed by atoms with E-state index in [0.29, 0.717) is 13.0 Å². The van der Waals surface area contributed by atoms with Crippen LogP contribution in [-0.4, -0.2) is 43.5 Å². The predicted molar refractivity (Wildman–Crippen MR) is 80.1 cm³/mol. The van der Waals surface area contributed by atoms with Gasteiger partial charge in [-0.2, -0.15) is 0 Å². The molecule has 5 nitrogen and oxygen atoms in total. The summed E-state index contributed by atoms with van der Waals surface area (Å²) >= 11 is 0. The molecular formula is C15H19N3O2. The van der Waals surface area contributed by atoms with Gasteiger partial charge in [0.1, 0.15) is 11.6 Å². The number of aromatic nitrogens is 1. The van der Waals surface area contributed by atoms with Gasteiger partial charge in [0.25, 0.3) is 0 Å². The summed E-state index contributed by atoms with van der Waals surface area (Å²) in [6.07, 6.45) is 2.19. The smallest absolute Gasteiger partial charge is 0.223 e. The molecule has 20 heavy (non-hydrogen) atoms. The van der Waals surface area contributed by atoms with Gasteiger partial charge in [-0.05, 0) is 29.7 Å². The lowest BCUT2D eigenvalue weighted by molar-refractivity contribution is -0.128. The number of methoxy groups -OCH3 is 1. The van der Waals surface area contributed by atoms with Gasteiger partial charge in [-0.1, -0.05) is 0 Å². The van der Waals surface area contributed by atoms with E-state index in [-0.39, 0.29) is 5.91 Å². The average molecular weight is 273 g/mol. The summed E-state index contributed by atoms with van der Waals surface area (Å²) in [5, 5.41) is 5.29. The third kappa shape index (κ3) is 3.17. The Morgan fingerprint density at radius 1 is 1.35 bits per heavy atom. The fraction of sp³-hybridized carbons (Fsp3) is 0.333. The molecule has 1 aromatic heterocycles. The molecule has 0 aliphatic rings. The van der Waals surface area contributed by atoms with Crippen LogP contribution in [0.5, 0.6) is 5.75 Å². The topological polar surface area (TPSA) is 54.5 Å². The zero-order valence-corrected chi connectivity index (χ0v) is 12.0. The second kappa shape index (κ2) is 6.23. The number of ether oxygens (including phenoxy) is 1. The second-order valence-corrected chi connectivity index (χ2v) is 4.71. The number of anilines is 1. The molecule has 0 unspecified atom stereocenters. The number of amides is 1. The molecule has 0 bridgehead atoms. The van der Waals surface area contributed by atoms with Crippen LogP contribution in [-0.2, 0) is 4.79 Å². The standard InChI is InChI=1S/C15H19N3O2/c1-18(2)14(19)7-9-17-15-13-5-4-12(20-3)10-11(13)6-8-16-15/h4-6,8,10H,7,9H2,1-3H3,(H,16,17). The first-order valence-corrected chi connectivity index (χ1v) is 6.48. The maximum absolute atomic E-state index is 11.5. The number of nitrogens with one attached hydrogen (secondary N) is 1. The van der Waals surface area contributed by atoms with Crippen molar-refractivity contribution in [2.24, 2.45) is 0 Å². The predicted octanol–water partition coefficient (Wildman–Crippen LogP) is 2.13. The Bertz CT molecular complexity index is 611. The minimum Gasteiger partial charge on any atom is -0.497 e. The van der Waals surface area contributed by atoms with Crippen molar-refractivity contribution in [1.82, 2.24) is 9.88 Å². The molecular weight excluding hydrogens is 254 g/mol. The Hall–Kier alpha value is -2.30. The molecule has 0 saturated carbocycles. The number of benzene rings is 1.